The van der Waals surface area contributed by atoms with Crippen molar-refractivity contribution < 1.29 is 24.0 Å². The fourth-order valence-corrected chi connectivity index (χ4v) is 3.07. The molecule has 10 nitrogen and oxygen atoms in total. The quantitative estimate of drug-likeness (QED) is 0.425. The van der Waals surface area contributed by atoms with Gasteiger partial charge in [0, 0.05) is 24.7 Å². The Balaban J connectivity index is 2.07. The highest BCUT2D eigenvalue weighted by Crippen LogP contribution is 2.31. The van der Waals surface area contributed by atoms with Gasteiger partial charge in [-0.15, -0.1) is 0 Å². The number of piperidine rings is 1. The zero-order valence-electron chi connectivity index (χ0n) is 17.7. The van der Waals surface area contributed by atoms with Gasteiger partial charge in [-0.25, -0.2) is 9.59 Å². The standard InChI is InChI=1S/C20H28N4O6/c1-13(17(25)21-19(27)22-20(2,3)4)30-18(26)14-8-9-15(16(12-14)24(28)29)23-10-6-5-7-11-23/h8-9,12-13H,5-7,10-11H2,1-4H3,(H2,21,22,25,27)/t13-/m1/s1. The third kappa shape index (κ3) is 6.43. The van der Waals surface area contributed by atoms with Crippen molar-refractivity contribution >= 4 is 29.3 Å². The van der Waals surface area contributed by atoms with Crippen molar-refractivity contribution in [2.75, 3.05) is 18.0 Å². The second-order valence-electron chi connectivity index (χ2n) is 8.25. The van der Waals surface area contributed by atoms with Gasteiger partial charge < -0.3 is 15.0 Å². The number of rotatable bonds is 5. The molecule has 3 amide bonds. The molecule has 0 unspecified atom stereocenters. The molecule has 2 N–H and O–H groups in total. The van der Waals surface area contributed by atoms with Crippen molar-refractivity contribution in [3.8, 4) is 0 Å². The summed E-state index contributed by atoms with van der Waals surface area (Å²) in [6.07, 6.45) is 1.74. The van der Waals surface area contributed by atoms with Crippen molar-refractivity contribution in [3.05, 3.63) is 33.9 Å². The van der Waals surface area contributed by atoms with E-state index in [9.17, 15) is 24.5 Å². The van der Waals surface area contributed by atoms with Crippen LogP contribution in [-0.2, 0) is 9.53 Å². The van der Waals surface area contributed by atoms with E-state index in [1.807, 2.05) is 4.90 Å². The molecule has 1 aromatic rings. The van der Waals surface area contributed by atoms with Gasteiger partial charge in [0.2, 0.25) is 0 Å². The van der Waals surface area contributed by atoms with E-state index < -0.39 is 34.5 Å². The normalized spacial score (nSPS) is 15.1. The summed E-state index contributed by atoms with van der Waals surface area (Å²) in [5.41, 5.74) is -0.311. The number of hydrogen-bond donors (Lipinski definition) is 2. The molecule has 0 saturated carbocycles. The number of benzene rings is 1. The largest absolute Gasteiger partial charge is 0.449 e. The Hall–Kier alpha value is -3.17. The third-order valence-electron chi connectivity index (χ3n) is 4.48. The summed E-state index contributed by atoms with van der Waals surface area (Å²) in [6.45, 7) is 8.01. The van der Waals surface area contributed by atoms with E-state index in [1.54, 1.807) is 20.8 Å². The zero-order chi connectivity index (χ0) is 22.5. The van der Waals surface area contributed by atoms with Crippen LogP contribution in [0.5, 0.6) is 0 Å². The van der Waals surface area contributed by atoms with Crippen LogP contribution in [0.3, 0.4) is 0 Å². The predicted molar refractivity (Wildman–Crippen MR) is 110 cm³/mol. The molecule has 1 saturated heterocycles. The highest BCUT2D eigenvalue weighted by atomic mass is 16.6. The first-order chi connectivity index (χ1) is 14.0. The van der Waals surface area contributed by atoms with Crippen LogP contribution in [0.4, 0.5) is 16.2 Å². The van der Waals surface area contributed by atoms with Crippen LogP contribution in [0.25, 0.3) is 0 Å². The SMILES string of the molecule is C[C@@H](OC(=O)c1ccc(N2CCCCC2)c([N+](=O)[O-])c1)C(=O)NC(=O)NC(C)(C)C. The van der Waals surface area contributed by atoms with Crippen molar-refractivity contribution in [1.82, 2.24) is 10.6 Å². The number of nitro groups is 1. The lowest BCUT2D eigenvalue weighted by molar-refractivity contribution is -0.384. The first-order valence-electron chi connectivity index (χ1n) is 9.85. The van der Waals surface area contributed by atoms with E-state index in [0.717, 1.165) is 38.4 Å². The van der Waals surface area contributed by atoms with Crippen LogP contribution in [0, 0.1) is 10.1 Å². The highest BCUT2D eigenvalue weighted by Gasteiger charge is 2.26. The first-order valence-corrected chi connectivity index (χ1v) is 9.85. The predicted octanol–water partition coefficient (Wildman–Crippen LogP) is 2.75. The van der Waals surface area contributed by atoms with Crippen LogP contribution in [0.2, 0.25) is 0 Å². The third-order valence-corrected chi connectivity index (χ3v) is 4.48. The smallest absolute Gasteiger partial charge is 0.339 e. The van der Waals surface area contributed by atoms with Gasteiger partial charge in [0.15, 0.2) is 6.10 Å². The number of imide groups is 1. The van der Waals surface area contributed by atoms with Crippen molar-refractivity contribution in [2.24, 2.45) is 0 Å². The minimum absolute atomic E-state index is 0.0405. The number of hydrogen-bond acceptors (Lipinski definition) is 7. The Labute approximate surface area is 175 Å². The Kier molecular flexibility index (Phi) is 7.36. The molecule has 1 aliphatic heterocycles. The maximum atomic E-state index is 12.4. The van der Waals surface area contributed by atoms with Crippen LogP contribution in [0.1, 0.15) is 57.3 Å². The molecule has 0 aliphatic carbocycles. The van der Waals surface area contributed by atoms with Crippen LogP contribution < -0.4 is 15.5 Å². The van der Waals surface area contributed by atoms with Gasteiger partial charge in [0.25, 0.3) is 11.6 Å². The van der Waals surface area contributed by atoms with Crippen LogP contribution >= 0.6 is 0 Å². The molecule has 0 aromatic heterocycles. The average molecular weight is 420 g/mol. The summed E-state index contributed by atoms with van der Waals surface area (Å²) >= 11 is 0. The van der Waals surface area contributed by atoms with Gasteiger partial charge in [0.05, 0.1) is 10.5 Å². The van der Waals surface area contributed by atoms with E-state index in [4.69, 9.17) is 4.74 Å². The molecule has 1 aromatic carbocycles. The zero-order valence-corrected chi connectivity index (χ0v) is 17.7. The lowest BCUT2D eigenvalue weighted by Crippen LogP contribution is -2.50. The minimum Gasteiger partial charge on any atom is -0.449 e. The fraction of sp³-hybridized carbons (Fsp3) is 0.550. The van der Waals surface area contributed by atoms with Crippen molar-refractivity contribution in [2.45, 2.75) is 58.6 Å². The number of carbonyl (C=O) groups is 3. The number of nitrogens with one attached hydrogen (secondary N) is 2. The number of carbonyl (C=O) groups excluding carboxylic acids is 3. The topological polar surface area (TPSA) is 131 Å². The van der Waals surface area contributed by atoms with Gasteiger partial charge in [-0.3, -0.25) is 20.2 Å². The molecular weight excluding hydrogens is 392 g/mol. The molecule has 1 aliphatic rings. The van der Waals surface area contributed by atoms with Gasteiger partial charge in [0.1, 0.15) is 5.69 Å². The van der Waals surface area contributed by atoms with Crippen LogP contribution in [-0.4, -0.2) is 47.6 Å². The summed E-state index contributed by atoms with van der Waals surface area (Å²) in [4.78, 5) is 49.2. The minimum atomic E-state index is -1.26. The molecule has 10 heteroatoms. The molecule has 0 spiro atoms. The summed E-state index contributed by atoms with van der Waals surface area (Å²) < 4.78 is 5.08. The molecule has 1 fully saturated rings. The fourth-order valence-electron chi connectivity index (χ4n) is 3.07. The molecule has 1 heterocycles. The number of nitrogens with zero attached hydrogens (tertiary/aromatic N) is 2. The van der Waals surface area contributed by atoms with E-state index in [2.05, 4.69) is 10.6 Å². The number of esters is 1. The van der Waals surface area contributed by atoms with Gasteiger partial charge >= 0.3 is 12.0 Å². The summed E-state index contributed by atoms with van der Waals surface area (Å²) in [6, 6.07) is 3.41. The molecule has 0 radical (unpaired) electrons. The number of amides is 3. The molecule has 164 valence electrons. The number of urea groups is 1. The maximum Gasteiger partial charge on any atom is 0.339 e. The van der Waals surface area contributed by atoms with Crippen LogP contribution in [0.15, 0.2) is 18.2 Å². The van der Waals surface area contributed by atoms with E-state index in [0.29, 0.717) is 5.69 Å². The van der Waals surface area contributed by atoms with Gasteiger partial charge in [-0.2, -0.15) is 0 Å². The molecule has 0 bridgehead atoms. The maximum absolute atomic E-state index is 12.4. The molecule has 1 atom stereocenters. The van der Waals surface area contributed by atoms with Crippen molar-refractivity contribution in [1.29, 1.82) is 0 Å². The lowest BCUT2D eigenvalue weighted by Gasteiger charge is -2.28. The van der Waals surface area contributed by atoms with Crippen molar-refractivity contribution in [3.63, 3.8) is 0 Å². The summed E-state index contributed by atoms with van der Waals surface area (Å²) in [7, 11) is 0. The molecule has 2 rings (SSSR count). The van der Waals surface area contributed by atoms with E-state index in [1.165, 1.54) is 19.1 Å². The van der Waals surface area contributed by atoms with E-state index >= 15 is 0 Å². The summed E-state index contributed by atoms with van der Waals surface area (Å²) in [5, 5.41) is 16.2. The molecular formula is C20H28N4O6. The first kappa shape index (κ1) is 23.1. The number of anilines is 1. The van der Waals surface area contributed by atoms with E-state index in [-0.39, 0.29) is 11.3 Å². The van der Waals surface area contributed by atoms with Gasteiger partial charge in [-0.05, 0) is 59.1 Å². The Bertz CT molecular complexity index is 827. The second kappa shape index (κ2) is 9.55. The Morgan fingerprint density at radius 1 is 1.17 bits per heavy atom. The lowest BCUT2D eigenvalue weighted by atomic mass is 10.1. The summed E-state index contributed by atoms with van der Waals surface area (Å²) in [5.74, 6) is -1.69. The highest BCUT2D eigenvalue weighted by molar-refractivity contribution is 5.99. The Morgan fingerprint density at radius 3 is 2.37 bits per heavy atom. The molecule has 30 heavy (non-hydrogen) atoms. The monoisotopic (exact) mass is 420 g/mol. The van der Waals surface area contributed by atoms with Gasteiger partial charge in [-0.1, -0.05) is 0 Å². The second-order valence-corrected chi connectivity index (χ2v) is 8.25. The average Bonchev–Trinajstić information content (AvgIpc) is 2.66. The number of ether oxygens (including phenoxy) is 1. The Morgan fingerprint density at radius 2 is 1.80 bits per heavy atom. The number of nitro benzene ring substituents is 1.